The summed E-state index contributed by atoms with van der Waals surface area (Å²) in [5, 5.41) is 18.7. The summed E-state index contributed by atoms with van der Waals surface area (Å²) in [4.78, 5) is 4.58. The molecule has 5 rings (SSSR count). The number of hydrogen-bond acceptors (Lipinski definition) is 7. The Labute approximate surface area is 182 Å². The van der Waals surface area contributed by atoms with Crippen molar-refractivity contribution in [3.63, 3.8) is 0 Å². The van der Waals surface area contributed by atoms with E-state index in [-0.39, 0.29) is 12.7 Å². The molecule has 3 aliphatic rings. The molecule has 0 aliphatic carbocycles. The molecule has 0 aromatic heterocycles. The Morgan fingerprint density at radius 3 is 2.48 bits per heavy atom. The molecular formula is C24H30N2O5. The van der Waals surface area contributed by atoms with Crippen LogP contribution in [0.4, 0.5) is 0 Å². The van der Waals surface area contributed by atoms with Gasteiger partial charge in [0.25, 0.3) is 0 Å². The Balaban J connectivity index is 1.31. The van der Waals surface area contributed by atoms with Crippen LogP contribution in [0.1, 0.15) is 16.7 Å². The average Bonchev–Trinajstić information content (AvgIpc) is 3.18. The van der Waals surface area contributed by atoms with Crippen LogP contribution in [0.5, 0.6) is 5.75 Å². The first-order chi connectivity index (χ1) is 15.2. The van der Waals surface area contributed by atoms with Crippen molar-refractivity contribution in [1.29, 1.82) is 0 Å². The molecule has 31 heavy (non-hydrogen) atoms. The zero-order chi connectivity index (χ0) is 21.3. The second-order valence-corrected chi connectivity index (χ2v) is 8.55. The molecule has 2 fully saturated rings. The van der Waals surface area contributed by atoms with Crippen LogP contribution in [-0.2, 0) is 21.9 Å². The predicted octanol–water partition coefficient (Wildman–Crippen LogP) is 1.17. The van der Waals surface area contributed by atoms with Gasteiger partial charge in [0.1, 0.15) is 12.4 Å². The number of piperazine rings is 1. The van der Waals surface area contributed by atoms with Gasteiger partial charge in [0.05, 0.1) is 31.0 Å². The van der Waals surface area contributed by atoms with Gasteiger partial charge in [0.2, 0.25) is 5.79 Å². The van der Waals surface area contributed by atoms with Crippen molar-refractivity contribution in [3.8, 4) is 5.75 Å². The highest BCUT2D eigenvalue weighted by Crippen LogP contribution is 2.47. The van der Waals surface area contributed by atoms with E-state index in [1.165, 1.54) is 0 Å². The molecule has 2 N–H and O–H groups in total. The number of aliphatic hydroxyl groups excluding tert-OH is 2. The predicted molar refractivity (Wildman–Crippen MR) is 115 cm³/mol. The fourth-order valence-corrected chi connectivity index (χ4v) is 4.82. The second kappa shape index (κ2) is 8.86. The largest absolute Gasteiger partial charge is 0.488 e. The molecule has 0 radical (unpaired) electrons. The molecule has 3 atom stereocenters. The van der Waals surface area contributed by atoms with E-state index in [0.29, 0.717) is 19.8 Å². The molecule has 2 saturated heterocycles. The molecule has 1 spiro atoms. The van der Waals surface area contributed by atoms with E-state index in [2.05, 4.69) is 21.9 Å². The number of para-hydroxylation sites is 1. The van der Waals surface area contributed by atoms with Gasteiger partial charge in [-0.05, 0) is 17.7 Å². The smallest absolute Gasteiger partial charge is 0.226 e. The number of nitrogens with zero attached hydrogens (tertiary/aromatic N) is 2. The monoisotopic (exact) mass is 426 g/mol. The summed E-state index contributed by atoms with van der Waals surface area (Å²) in [6, 6.07) is 16.2. The zero-order valence-electron chi connectivity index (χ0n) is 17.7. The lowest BCUT2D eigenvalue weighted by atomic mass is 9.93. The fourth-order valence-electron chi connectivity index (χ4n) is 4.82. The van der Waals surface area contributed by atoms with Gasteiger partial charge in [-0.15, -0.1) is 0 Å². The Hall–Kier alpha value is -2.00. The van der Waals surface area contributed by atoms with Crippen molar-refractivity contribution >= 4 is 0 Å². The third kappa shape index (κ3) is 4.09. The van der Waals surface area contributed by atoms with Gasteiger partial charge in [0.15, 0.2) is 0 Å². The highest BCUT2D eigenvalue weighted by atomic mass is 16.7. The van der Waals surface area contributed by atoms with Gasteiger partial charge in [-0.1, -0.05) is 36.4 Å². The van der Waals surface area contributed by atoms with Crippen LogP contribution in [-0.4, -0.2) is 84.7 Å². The van der Waals surface area contributed by atoms with E-state index < -0.39 is 11.9 Å². The Morgan fingerprint density at radius 2 is 1.68 bits per heavy atom. The van der Waals surface area contributed by atoms with Crippen molar-refractivity contribution in [3.05, 3.63) is 65.2 Å². The fraction of sp³-hybridized carbons (Fsp3) is 0.500. The van der Waals surface area contributed by atoms with E-state index >= 15 is 0 Å². The Morgan fingerprint density at radius 1 is 0.968 bits per heavy atom. The molecule has 0 saturated carbocycles. The number of aliphatic hydroxyl groups is 2. The van der Waals surface area contributed by atoms with Crippen molar-refractivity contribution in [2.24, 2.45) is 0 Å². The highest BCUT2D eigenvalue weighted by Gasteiger charge is 2.49. The lowest BCUT2D eigenvalue weighted by molar-refractivity contribution is -0.145. The van der Waals surface area contributed by atoms with Crippen LogP contribution >= 0.6 is 0 Å². The quantitative estimate of drug-likeness (QED) is 0.743. The van der Waals surface area contributed by atoms with Crippen LogP contribution in [0, 0.1) is 0 Å². The molecule has 7 heteroatoms. The van der Waals surface area contributed by atoms with Gasteiger partial charge in [-0.2, -0.15) is 0 Å². The minimum Gasteiger partial charge on any atom is -0.488 e. The molecule has 7 nitrogen and oxygen atoms in total. The molecule has 3 heterocycles. The summed E-state index contributed by atoms with van der Waals surface area (Å²) >= 11 is 0. The Bertz CT molecular complexity index is 852. The topological polar surface area (TPSA) is 74.6 Å². The maximum absolute atomic E-state index is 9.68. The number of rotatable bonds is 5. The van der Waals surface area contributed by atoms with E-state index in [4.69, 9.17) is 19.3 Å². The van der Waals surface area contributed by atoms with E-state index in [0.717, 1.165) is 55.2 Å². The van der Waals surface area contributed by atoms with Crippen molar-refractivity contribution in [2.45, 2.75) is 24.6 Å². The molecule has 0 amide bonds. The number of β-amino-alcohol motifs (C(OH)–C–C–N with tert-alkyl or cyclic N) is 1. The molecule has 3 unspecified atom stereocenters. The van der Waals surface area contributed by atoms with Gasteiger partial charge < -0.3 is 24.4 Å². The van der Waals surface area contributed by atoms with Crippen LogP contribution in [0.25, 0.3) is 0 Å². The summed E-state index contributed by atoms with van der Waals surface area (Å²) < 4.78 is 19.2. The normalized spacial score (nSPS) is 27.4. The number of fused-ring (bicyclic) bond motifs is 4. The minimum atomic E-state index is -0.943. The van der Waals surface area contributed by atoms with Crippen LogP contribution in [0.3, 0.4) is 0 Å². The SMILES string of the molecule is OCC(O)CN1CCN(CC2COC3(O2)c2ccccc2COc2ccccc23)CC1. The van der Waals surface area contributed by atoms with Crippen molar-refractivity contribution < 1.29 is 24.4 Å². The van der Waals surface area contributed by atoms with Crippen LogP contribution in [0.2, 0.25) is 0 Å². The Kier molecular flexibility index (Phi) is 5.97. The third-order valence-electron chi connectivity index (χ3n) is 6.41. The van der Waals surface area contributed by atoms with E-state index in [9.17, 15) is 5.11 Å². The second-order valence-electron chi connectivity index (χ2n) is 8.55. The molecule has 2 aromatic rings. The summed E-state index contributed by atoms with van der Waals surface area (Å²) in [7, 11) is 0. The first-order valence-electron chi connectivity index (χ1n) is 11.0. The van der Waals surface area contributed by atoms with Crippen molar-refractivity contribution in [1.82, 2.24) is 9.80 Å². The molecule has 3 aliphatic heterocycles. The van der Waals surface area contributed by atoms with Crippen molar-refractivity contribution in [2.75, 3.05) is 52.5 Å². The van der Waals surface area contributed by atoms with E-state index in [1.807, 2.05) is 36.4 Å². The first kappa shape index (κ1) is 20.9. The van der Waals surface area contributed by atoms with Gasteiger partial charge >= 0.3 is 0 Å². The first-order valence-corrected chi connectivity index (χ1v) is 11.0. The molecule has 2 aromatic carbocycles. The lowest BCUT2D eigenvalue weighted by Gasteiger charge is -2.36. The summed E-state index contributed by atoms with van der Waals surface area (Å²) in [5.41, 5.74) is 3.02. The summed E-state index contributed by atoms with van der Waals surface area (Å²) in [6.45, 7) is 5.68. The molecule has 166 valence electrons. The number of benzene rings is 2. The molecule has 0 bridgehead atoms. The van der Waals surface area contributed by atoms with Crippen LogP contribution < -0.4 is 4.74 Å². The standard InChI is InChI=1S/C24H30N2O5/c27-15-19(28)13-25-9-11-26(12-10-25)14-20-17-30-24(31-20)21-6-2-1-5-18(21)16-29-23-8-4-3-7-22(23)24/h1-8,19-20,27-28H,9-17H2. The lowest BCUT2D eigenvalue weighted by Crippen LogP contribution is -2.50. The zero-order valence-corrected chi connectivity index (χ0v) is 17.7. The highest BCUT2D eigenvalue weighted by molar-refractivity contribution is 5.48. The maximum Gasteiger partial charge on any atom is 0.226 e. The molecular weight excluding hydrogens is 396 g/mol. The third-order valence-corrected chi connectivity index (χ3v) is 6.41. The van der Waals surface area contributed by atoms with Crippen LogP contribution in [0.15, 0.2) is 48.5 Å². The minimum absolute atomic E-state index is 0.0474. The van der Waals surface area contributed by atoms with Gasteiger partial charge in [-0.3, -0.25) is 9.80 Å². The number of ether oxygens (including phenoxy) is 3. The summed E-state index contributed by atoms with van der Waals surface area (Å²) in [6.07, 6.45) is -0.718. The van der Waals surface area contributed by atoms with E-state index in [1.54, 1.807) is 0 Å². The van der Waals surface area contributed by atoms with Gasteiger partial charge in [-0.25, -0.2) is 0 Å². The average molecular weight is 427 g/mol. The number of hydrogen-bond donors (Lipinski definition) is 2. The maximum atomic E-state index is 9.68. The van der Waals surface area contributed by atoms with Gasteiger partial charge in [0, 0.05) is 44.8 Å². The summed E-state index contributed by atoms with van der Waals surface area (Å²) in [5.74, 6) is -0.142.